The monoisotopic (exact) mass is 284 g/mol. The molecule has 0 bridgehead atoms. The van der Waals surface area contributed by atoms with Crippen molar-refractivity contribution < 1.29 is 13.9 Å². The lowest BCUT2D eigenvalue weighted by Gasteiger charge is -2.07. The highest BCUT2D eigenvalue weighted by Gasteiger charge is 2.03. The fourth-order valence-corrected chi connectivity index (χ4v) is 1.67. The number of benzene rings is 2. The zero-order chi connectivity index (χ0) is 15.1. The van der Waals surface area contributed by atoms with Gasteiger partial charge in [0.05, 0.1) is 11.6 Å². The molecule has 106 valence electrons. The summed E-state index contributed by atoms with van der Waals surface area (Å²) in [6.45, 7) is 0.106. The summed E-state index contributed by atoms with van der Waals surface area (Å²) in [6, 6.07) is 14.5. The van der Waals surface area contributed by atoms with Crippen LogP contribution in [0.1, 0.15) is 11.1 Å². The van der Waals surface area contributed by atoms with E-state index in [1.165, 1.54) is 12.1 Å². The van der Waals surface area contributed by atoms with Gasteiger partial charge in [-0.05, 0) is 42.0 Å². The van der Waals surface area contributed by atoms with Crippen molar-refractivity contribution in [2.45, 2.75) is 6.54 Å². The Kier molecular flexibility index (Phi) is 4.89. The number of nitrogens with zero attached hydrogens (tertiary/aromatic N) is 1. The molecule has 4 nitrogen and oxygen atoms in total. The lowest BCUT2D eigenvalue weighted by molar-refractivity contribution is -0.123. The summed E-state index contributed by atoms with van der Waals surface area (Å²) in [4.78, 5) is 11.6. The second-order valence-electron chi connectivity index (χ2n) is 4.33. The van der Waals surface area contributed by atoms with Crippen LogP contribution in [0.25, 0.3) is 0 Å². The van der Waals surface area contributed by atoms with Crippen molar-refractivity contribution in [3.8, 4) is 11.8 Å². The van der Waals surface area contributed by atoms with Crippen LogP contribution in [0.3, 0.4) is 0 Å². The van der Waals surface area contributed by atoms with E-state index in [1.54, 1.807) is 36.4 Å². The molecule has 0 aliphatic carbocycles. The molecular formula is C16H13FN2O2. The van der Waals surface area contributed by atoms with Crippen LogP contribution < -0.4 is 10.1 Å². The van der Waals surface area contributed by atoms with Crippen molar-refractivity contribution in [3.63, 3.8) is 0 Å². The van der Waals surface area contributed by atoms with Crippen LogP contribution in [0.5, 0.6) is 5.75 Å². The number of amides is 1. The van der Waals surface area contributed by atoms with Crippen molar-refractivity contribution in [3.05, 3.63) is 65.5 Å². The van der Waals surface area contributed by atoms with Crippen LogP contribution in [0.2, 0.25) is 0 Å². The number of nitrogens with one attached hydrogen (secondary N) is 1. The fraction of sp³-hybridized carbons (Fsp3) is 0.125. The zero-order valence-corrected chi connectivity index (χ0v) is 11.2. The van der Waals surface area contributed by atoms with Gasteiger partial charge in [0.25, 0.3) is 5.91 Å². The Morgan fingerprint density at radius 2 is 2.00 bits per heavy atom. The maximum absolute atomic E-state index is 13.0. The molecule has 1 N–H and O–H groups in total. The third-order valence-electron chi connectivity index (χ3n) is 2.73. The molecule has 0 saturated carbocycles. The number of ether oxygens (including phenoxy) is 1. The maximum Gasteiger partial charge on any atom is 0.258 e. The summed E-state index contributed by atoms with van der Waals surface area (Å²) in [7, 11) is 0. The summed E-state index contributed by atoms with van der Waals surface area (Å²) >= 11 is 0. The van der Waals surface area contributed by atoms with Gasteiger partial charge in [-0.25, -0.2) is 4.39 Å². The van der Waals surface area contributed by atoms with E-state index in [2.05, 4.69) is 5.32 Å². The van der Waals surface area contributed by atoms with Gasteiger partial charge in [-0.15, -0.1) is 0 Å². The molecule has 0 heterocycles. The number of carbonyl (C=O) groups is 1. The summed E-state index contributed by atoms with van der Waals surface area (Å²) in [5, 5.41) is 11.3. The standard InChI is InChI=1S/C16H13FN2O2/c17-14-3-1-2-13(8-14)10-19-16(20)11-21-15-6-4-12(9-18)5-7-15/h1-8H,10-11H2,(H,19,20). The van der Waals surface area contributed by atoms with E-state index in [0.717, 1.165) is 0 Å². The van der Waals surface area contributed by atoms with Gasteiger partial charge in [0.1, 0.15) is 11.6 Å². The number of halogens is 1. The first kappa shape index (κ1) is 14.5. The van der Waals surface area contributed by atoms with E-state index < -0.39 is 0 Å². The number of carbonyl (C=O) groups excluding carboxylic acids is 1. The minimum atomic E-state index is -0.337. The van der Waals surface area contributed by atoms with Crippen molar-refractivity contribution in [2.75, 3.05) is 6.61 Å². The molecule has 0 spiro atoms. The van der Waals surface area contributed by atoms with E-state index in [0.29, 0.717) is 16.9 Å². The zero-order valence-electron chi connectivity index (χ0n) is 11.2. The second kappa shape index (κ2) is 7.06. The molecule has 5 heteroatoms. The van der Waals surface area contributed by atoms with Crippen molar-refractivity contribution in [1.82, 2.24) is 5.32 Å². The Morgan fingerprint density at radius 3 is 2.67 bits per heavy atom. The number of hydrogen-bond donors (Lipinski definition) is 1. The van der Waals surface area contributed by atoms with Gasteiger partial charge in [-0.3, -0.25) is 4.79 Å². The molecule has 21 heavy (non-hydrogen) atoms. The quantitative estimate of drug-likeness (QED) is 0.917. The molecule has 2 rings (SSSR count). The number of hydrogen-bond acceptors (Lipinski definition) is 3. The largest absolute Gasteiger partial charge is 0.484 e. The fourth-order valence-electron chi connectivity index (χ4n) is 1.67. The predicted molar refractivity (Wildman–Crippen MR) is 74.9 cm³/mol. The SMILES string of the molecule is N#Cc1ccc(OCC(=O)NCc2cccc(F)c2)cc1. The van der Waals surface area contributed by atoms with Gasteiger partial charge in [0.15, 0.2) is 6.61 Å². The lowest BCUT2D eigenvalue weighted by Crippen LogP contribution is -2.28. The van der Waals surface area contributed by atoms with Crippen LogP contribution in [0, 0.1) is 17.1 Å². The minimum Gasteiger partial charge on any atom is -0.484 e. The molecule has 0 aromatic heterocycles. The summed E-state index contributed by atoms with van der Waals surface area (Å²) < 4.78 is 18.2. The molecule has 0 saturated heterocycles. The molecule has 2 aromatic carbocycles. The smallest absolute Gasteiger partial charge is 0.258 e. The highest BCUT2D eigenvalue weighted by Crippen LogP contribution is 2.11. The molecule has 2 aromatic rings. The van der Waals surface area contributed by atoms with Crippen molar-refractivity contribution in [2.24, 2.45) is 0 Å². The van der Waals surface area contributed by atoms with E-state index in [4.69, 9.17) is 10.00 Å². The van der Waals surface area contributed by atoms with Crippen molar-refractivity contribution >= 4 is 5.91 Å². The molecule has 1 amide bonds. The minimum absolute atomic E-state index is 0.138. The number of nitriles is 1. The summed E-state index contributed by atoms with van der Waals surface area (Å²) in [5.41, 5.74) is 1.21. The predicted octanol–water partition coefficient (Wildman–Crippen LogP) is 2.39. The van der Waals surface area contributed by atoms with E-state index >= 15 is 0 Å². The average molecular weight is 284 g/mol. The Balaban J connectivity index is 1.78. The summed E-state index contributed by atoms with van der Waals surface area (Å²) in [6.07, 6.45) is 0. The number of rotatable bonds is 5. The molecule has 0 aliphatic heterocycles. The second-order valence-corrected chi connectivity index (χ2v) is 4.33. The Hall–Kier alpha value is -2.87. The Morgan fingerprint density at radius 1 is 1.24 bits per heavy atom. The molecule has 0 unspecified atom stereocenters. The lowest BCUT2D eigenvalue weighted by atomic mass is 10.2. The van der Waals surface area contributed by atoms with E-state index in [9.17, 15) is 9.18 Å². The van der Waals surface area contributed by atoms with Crippen LogP contribution in [-0.2, 0) is 11.3 Å². The Labute approximate surface area is 121 Å². The van der Waals surface area contributed by atoms with Gasteiger partial charge in [-0.1, -0.05) is 12.1 Å². The van der Waals surface area contributed by atoms with Crippen LogP contribution in [0.15, 0.2) is 48.5 Å². The van der Waals surface area contributed by atoms with Crippen LogP contribution in [0.4, 0.5) is 4.39 Å². The van der Waals surface area contributed by atoms with E-state index in [-0.39, 0.29) is 24.9 Å². The highest BCUT2D eigenvalue weighted by atomic mass is 19.1. The van der Waals surface area contributed by atoms with Crippen LogP contribution in [-0.4, -0.2) is 12.5 Å². The van der Waals surface area contributed by atoms with E-state index in [1.807, 2.05) is 6.07 Å². The Bertz CT molecular complexity index is 663. The first-order valence-corrected chi connectivity index (χ1v) is 6.31. The highest BCUT2D eigenvalue weighted by molar-refractivity contribution is 5.77. The first-order valence-electron chi connectivity index (χ1n) is 6.31. The molecule has 0 atom stereocenters. The first-order chi connectivity index (χ1) is 10.2. The summed E-state index contributed by atoms with van der Waals surface area (Å²) in [5.74, 6) is -0.130. The molecule has 0 fully saturated rings. The topological polar surface area (TPSA) is 62.1 Å². The molecular weight excluding hydrogens is 271 g/mol. The maximum atomic E-state index is 13.0. The third kappa shape index (κ3) is 4.62. The van der Waals surface area contributed by atoms with Gasteiger partial charge in [0, 0.05) is 6.54 Å². The molecule has 0 aliphatic rings. The van der Waals surface area contributed by atoms with Gasteiger partial charge >= 0.3 is 0 Å². The third-order valence-corrected chi connectivity index (χ3v) is 2.73. The molecule has 0 radical (unpaired) electrons. The van der Waals surface area contributed by atoms with Gasteiger partial charge < -0.3 is 10.1 Å². The normalized spacial score (nSPS) is 9.71. The van der Waals surface area contributed by atoms with Gasteiger partial charge in [0.2, 0.25) is 0 Å². The van der Waals surface area contributed by atoms with Gasteiger partial charge in [-0.2, -0.15) is 5.26 Å². The van der Waals surface area contributed by atoms with Crippen molar-refractivity contribution in [1.29, 1.82) is 5.26 Å². The van der Waals surface area contributed by atoms with Crippen LogP contribution >= 0.6 is 0 Å². The average Bonchev–Trinajstić information content (AvgIpc) is 2.51.